The van der Waals surface area contributed by atoms with E-state index in [0.717, 1.165) is 0 Å². The molecule has 0 amide bonds. The monoisotopic (exact) mass is 734 g/mol. The van der Waals surface area contributed by atoms with Crippen LogP contribution in [0.1, 0.15) is 0 Å². The van der Waals surface area contributed by atoms with E-state index in [4.69, 9.17) is 0 Å². The lowest BCUT2D eigenvalue weighted by molar-refractivity contribution is 1.60. The molecule has 270 valence electrons. The number of hydrogen-bond acceptors (Lipinski definition) is 0. The first kappa shape index (κ1) is 33.8. The Hall–Kier alpha value is -7.54. The predicted molar refractivity (Wildman–Crippen MR) is 249 cm³/mol. The Balaban J connectivity index is 1.10. The van der Waals surface area contributed by atoms with Crippen LogP contribution in [0.25, 0.3) is 110 Å². The summed E-state index contributed by atoms with van der Waals surface area (Å²) in [5.74, 6) is 0. The summed E-state index contributed by atoms with van der Waals surface area (Å²) >= 11 is 0. The maximum atomic E-state index is 2.42. The van der Waals surface area contributed by atoms with Gasteiger partial charge in [0.15, 0.2) is 0 Å². The van der Waals surface area contributed by atoms with Crippen LogP contribution in [0.2, 0.25) is 0 Å². The second-order valence-electron chi connectivity index (χ2n) is 15.3. The number of hydrogen-bond donors (Lipinski definition) is 0. The van der Waals surface area contributed by atoms with Crippen LogP contribution in [0.4, 0.5) is 0 Å². The summed E-state index contributed by atoms with van der Waals surface area (Å²) in [6.45, 7) is 0. The van der Waals surface area contributed by atoms with E-state index in [-0.39, 0.29) is 0 Å². The van der Waals surface area contributed by atoms with E-state index in [1.807, 2.05) is 0 Å². The molecule has 0 atom stereocenters. The van der Waals surface area contributed by atoms with Crippen molar-refractivity contribution in [3.05, 3.63) is 231 Å². The predicted octanol–water partition coefficient (Wildman–Crippen LogP) is 16.3. The standard InChI is InChI=1S/C58H38/c1-4-13-39(14-5-1)46-25-26-49-36-50(28-27-48(49)35-46)52-30-32-54-53-31-29-51(45-22-12-21-44(34-45)47-24-23-40-15-10-11-20-43(40)33-47)37-55(53)57(41-16-6-2-7-17-41)58(56(54)38-52)42-18-8-3-9-19-42/h1-38H. The highest BCUT2D eigenvalue weighted by molar-refractivity contribution is 6.22. The van der Waals surface area contributed by atoms with Crippen LogP contribution in [0.5, 0.6) is 0 Å². The molecule has 0 heterocycles. The maximum Gasteiger partial charge on any atom is -0.00201 e. The minimum absolute atomic E-state index is 1.20. The maximum absolute atomic E-state index is 2.42. The fourth-order valence-corrected chi connectivity index (χ4v) is 8.89. The van der Waals surface area contributed by atoms with Crippen LogP contribution in [0.3, 0.4) is 0 Å². The first-order valence-corrected chi connectivity index (χ1v) is 20.1. The molecule has 0 unspecified atom stereocenters. The molecule has 0 radical (unpaired) electrons. The van der Waals surface area contributed by atoms with Crippen molar-refractivity contribution in [2.45, 2.75) is 0 Å². The molecule has 11 aromatic rings. The van der Waals surface area contributed by atoms with E-state index >= 15 is 0 Å². The van der Waals surface area contributed by atoms with Crippen LogP contribution in [0.15, 0.2) is 231 Å². The second kappa shape index (κ2) is 14.2. The van der Waals surface area contributed by atoms with E-state index in [1.165, 1.54) is 110 Å². The lowest BCUT2D eigenvalue weighted by Gasteiger charge is -2.20. The fraction of sp³-hybridized carbons (Fsp3) is 0. The zero-order chi connectivity index (χ0) is 38.4. The van der Waals surface area contributed by atoms with Crippen molar-refractivity contribution >= 4 is 43.1 Å². The highest BCUT2D eigenvalue weighted by Crippen LogP contribution is 2.47. The lowest BCUT2D eigenvalue weighted by atomic mass is 9.83. The van der Waals surface area contributed by atoms with Crippen molar-refractivity contribution in [1.29, 1.82) is 0 Å². The first-order chi connectivity index (χ1) is 28.7. The molecule has 0 aliphatic rings. The van der Waals surface area contributed by atoms with Gasteiger partial charge in [0.05, 0.1) is 0 Å². The molecule has 0 nitrogen and oxygen atoms in total. The summed E-state index contributed by atoms with van der Waals surface area (Å²) in [6, 6.07) is 84.7. The van der Waals surface area contributed by atoms with Crippen molar-refractivity contribution < 1.29 is 0 Å². The normalized spacial score (nSPS) is 11.4. The summed E-state index contributed by atoms with van der Waals surface area (Å²) < 4.78 is 0. The van der Waals surface area contributed by atoms with Crippen molar-refractivity contribution in [1.82, 2.24) is 0 Å². The van der Waals surface area contributed by atoms with Gasteiger partial charge in [0.25, 0.3) is 0 Å². The molecule has 0 spiro atoms. The van der Waals surface area contributed by atoms with Gasteiger partial charge in [0.2, 0.25) is 0 Å². The fourth-order valence-electron chi connectivity index (χ4n) is 8.89. The lowest BCUT2D eigenvalue weighted by Crippen LogP contribution is -1.93. The van der Waals surface area contributed by atoms with Crippen molar-refractivity contribution in [2.24, 2.45) is 0 Å². The van der Waals surface area contributed by atoms with E-state index < -0.39 is 0 Å². The van der Waals surface area contributed by atoms with Crippen LogP contribution < -0.4 is 0 Å². The largest absolute Gasteiger partial charge is 0.0622 e. The smallest absolute Gasteiger partial charge is 0.00201 e. The molecule has 0 aliphatic carbocycles. The Labute approximate surface area is 339 Å². The molecule has 0 aromatic heterocycles. The van der Waals surface area contributed by atoms with Crippen LogP contribution in [-0.4, -0.2) is 0 Å². The average molecular weight is 735 g/mol. The molecule has 0 N–H and O–H groups in total. The van der Waals surface area contributed by atoms with Gasteiger partial charge in [-0.25, -0.2) is 0 Å². The Morgan fingerprint density at radius 1 is 0.155 bits per heavy atom. The zero-order valence-electron chi connectivity index (χ0n) is 31.9. The number of benzene rings is 11. The quantitative estimate of drug-likeness (QED) is 0.149. The van der Waals surface area contributed by atoms with Gasteiger partial charge in [-0.3, -0.25) is 0 Å². The third-order valence-electron chi connectivity index (χ3n) is 11.8. The highest BCUT2D eigenvalue weighted by atomic mass is 14.2. The van der Waals surface area contributed by atoms with Crippen LogP contribution in [0, 0.1) is 0 Å². The van der Waals surface area contributed by atoms with Gasteiger partial charge in [0, 0.05) is 0 Å². The third kappa shape index (κ3) is 6.04. The van der Waals surface area contributed by atoms with Crippen LogP contribution >= 0.6 is 0 Å². The highest BCUT2D eigenvalue weighted by Gasteiger charge is 2.19. The van der Waals surface area contributed by atoms with E-state index in [0.29, 0.717) is 0 Å². The van der Waals surface area contributed by atoms with Gasteiger partial charge in [-0.05, 0) is 146 Å². The molecule has 0 aliphatic heterocycles. The van der Waals surface area contributed by atoms with Gasteiger partial charge in [-0.15, -0.1) is 0 Å². The van der Waals surface area contributed by atoms with Gasteiger partial charge in [0.1, 0.15) is 0 Å². The van der Waals surface area contributed by atoms with Crippen molar-refractivity contribution in [3.63, 3.8) is 0 Å². The SMILES string of the molecule is c1ccc(-c2ccc3cc(-c4ccc5c(c4)c(-c4ccccc4)c(-c4ccccc4)c4cc(-c6cccc(-c7ccc8ccccc8c7)c6)ccc45)ccc3c2)cc1. The Morgan fingerprint density at radius 3 is 0.983 bits per heavy atom. The Bertz CT molecular complexity index is 3300. The molecule has 0 fully saturated rings. The third-order valence-corrected chi connectivity index (χ3v) is 11.8. The van der Waals surface area contributed by atoms with Gasteiger partial charge in [-0.1, -0.05) is 194 Å². The first-order valence-electron chi connectivity index (χ1n) is 20.1. The van der Waals surface area contributed by atoms with E-state index in [1.54, 1.807) is 0 Å². The molecule has 0 saturated carbocycles. The molecule has 0 bridgehead atoms. The topological polar surface area (TPSA) is 0 Å². The van der Waals surface area contributed by atoms with Gasteiger partial charge < -0.3 is 0 Å². The summed E-state index contributed by atoms with van der Waals surface area (Å²) in [7, 11) is 0. The van der Waals surface area contributed by atoms with Gasteiger partial charge in [-0.2, -0.15) is 0 Å². The minimum atomic E-state index is 1.20. The molecule has 0 saturated heterocycles. The molecule has 0 heteroatoms. The Kier molecular flexibility index (Phi) is 8.26. The Morgan fingerprint density at radius 2 is 0.483 bits per heavy atom. The average Bonchev–Trinajstić information content (AvgIpc) is 3.31. The molecular weight excluding hydrogens is 697 g/mol. The zero-order valence-corrected chi connectivity index (χ0v) is 31.9. The number of fused-ring (bicyclic) bond motifs is 5. The summed E-state index contributed by atoms with van der Waals surface area (Å²) in [4.78, 5) is 0. The summed E-state index contributed by atoms with van der Waals surface area (Å²) in [5, 5.41) is 10.00. The summed E-state index contributed by atoms with van der Waals surface area (Å²) in [6.07, 6.45) is 0. The molecule has 11 rings (SSSR count). The van der Waals surface area contributed by atoms with Crippen molar-refractivity contribution in [3.8, 4) is 66.8 Å². The van der Waals surface area contributed by atoms with Crippen LogP contribution in [-0.2, 0) is 0 Å². The summed E-state index contributed by atoms with van der Waals surface area (Å²) in [5.41, 5.74) is 14.7. The molecular formula is C58H38. The molecule has 58 heavy (non-hydrogen) atoms. The number of rotatable bonds is 6. The minimum Gasteiger partial charge on any atom is -0.0622 e. The van der Waals surface area contributed by atoms with E-state index in [9.17, 15) is 0 Å². The molecule has 11 aromatic carbocycles. The van der Waals surface area contributed by atoms with Crippen molar-refractivity contribution in [2.75, 3.05) is 0 Å². The van der Waals surface area contributed by atoms with E-state index in [2.05, 4.69) is 231 Å². The second-order valence-corrected chi connectivity index (χ2v) is 15.3. The van der Waals surface area contributed by atoms with Gasteiger partial charge >= 0.3 is 0 Å².